The summed E-state index contributed by atoms with van der Waals surface area (Å²) in [6.07, 6.45) is 9.89. The molecule has 2 fully saturated rings. The number of likely N-dealkylation sites (N-methyl/N-ethyl adjacent to an activating group) is 1. The lowest BCUT2D eigenvalue weighted by Crippen LogP contribution is -2.51. The molecule has 2 rings (SSSR count). The van der Waals surface area contributed by atoms with Gasteiger partial charge in [-0.3, -0.25) is 9.69 Å². The smallest absolute Gasteiger partial charge is 0.236 e. The number of carbonyl (C=O) groups is 1. The van der Waals surface area contributed by atoms with Gasteiger partial charge in [0.2, 0.25) is 5.91 Å². The van der Waals surface area contributed by atoms with Gasteiger partial charge in [-0.15, -0.1) is 0 Å². The van der Waals surface area contributed by atoms with E-state index in [-0.39, 0.29) is 0 Å². The minimum absolute atomic E-state index is 0.320. The topological polar surface area (TPSA) is 35.6 Å². The average Bonchev–Trinajstić information content (AvgIpc) is 2.55. The fraction of sp³-hybridized carbons (Fsp3) is 0.941. The molecule has 0 bridgehead atoms. The van der Waals surface area contributed by atoms with E-state index in [1.165, 1.54) is 44.9 Å². The van der Waals surface area contributed by atoms with Crippen LogP contribution in [0.3, 0.4) is 0 Å². The highest BCUT2D eigenvalue weighted by Crippen LogP contribution is 2.22. The molecule has 1 atom stereocenters. The van der Waals surface area contributed by atoms with E-state index in [0.717, 1.165) is 26.1 Å². The molecular weight excluding hydrogens is 262 g/mol. The van der Waals surface area contributed by atoms with Crippen molar-refractivity contribution in [3.63, 3.8) is 0 Å². The number of amides is 1. The molecule has 1 aliphatic heterocycles. The zero-order valence-corrected chi connectivity index (χ0v) is 13.9. The van der Waals surface area contributed by atoms with Gasteiger partial charge >= 0.3 is 0 Å². The van der Waals surface area contributed by atoms with Crippen molar-refractivity contribution in [2.45, 2.75) is 70.4 Å². The van der Waals surface area contributed by atoms with Crippen LogP contribution in [0, 0.1) is 0 Å². The minimum Gasteiger partial charge on any atom is -0.342 e. The van der Waals surface area contributed by atoms with E-state index >= 15 is 0 Å². The van der Waals surface area contributed by atoms with Gasteiger partial charge in [0.25, 0.3) is 0 Å². The molecule has 1 amide bonds. The predicted molar refractivity (Wildman–Crippen MR) is 87.4 cm³/mol. The predicted octanol–water partition coefficient (Wildman–Crippen LogP) is 2.24. The maximum atomic E-state index is 12.6. The van der Waals surface area contributed by atoms with E-state index in [1.54, 1.807) is 0 Å². The molecule has 4 nitrogen and oxygen atoms in total. The number of nitrogens with one attached hydrogen (secondary N) is 1. The fourth-order valence-corrected chi connectivity index (χ4v) is 3.78. The number of nitrogens with zero attached hydrogens (tertiary/aromatic N) is 2. The lowest BCUT2D eigenvalue weighted by Gasteiger charge is -2.37. The largest absolute Gasteiger partial charge is 0.342 e. The Hall–Kier alpha value is -0.610. The van der Waals surface area contributed by atoms with Crippen LogP contribution < -0.4 is 5.32 Å². The van der Waals surface area contributed by atoms with Crippen LogP contribution in [0.1, 0.15) is 58.3 Å². The molecule has 4 heteroatoms. The average molecular weight is 295 g/mol. The summed E-state index contributed by atoms with van der Waals surface area (Å²) < 4.78 is 0. The molecule has 21 heavy (non-hydrogen) atoms. The number of hydrogen-bond acceptors (Lipinski definition) is 3. The monoisotopic (exact) mass is 295 g/mol. The maximum Gasteiger partial charge on any atom is 0.236 e. The van der Waals surface area contributed by atoms with Crippen LogP contribution in [0.5, 0.6) is 0 Å². The van der Waals surface area contributed by atoms with Crippen LogP contribution in [-0.4, -0.2) is 61.0 Å². The van der Waals surface area contributed by atoms with Crippen LogP contribution >= 0.6 is 0 Å². The molecule has 0 aromatic rings. The molecule has 1 N–H and O–H groups in total. The molecule has 0 radical (unpaired) electrons. The highest BCUT2D eigenvalue weighted by atomic mass is 16.2. The van der Waals surface area contributed by atoms with E-state index in [9.17, 15) is 4.79 Å². The van der Waals surface area contributed by atoms with Crippen LogP contribution in [0.25, 0.3) is 0 Å². The third kappa shape index (κ3) is 4.96. The Morgan fingerprint density at radius 1 is 1.10 bits per heavy atom. The Morgan fingerprint density at radius 3 is 2.43 bits per heavy atom. The van der Waals surface area contributed by atoms with Crippen LogP contribution in [0.4, 0.5) is 0 Å². The van der Waals surface area contributed by atoms with E-state index in [0.29, 0.717) is 24.5 Å². The van der Waals surface area contributed by atoms with Gasteiger partial charge in [-0.25, -0.2) is 0 Å². The van der Waals surface area contributed by atoms with E-state index < -0.39 is 0 Å². The Kier molecular flexibility index (Phi) is 6.97. The molecule has 0 aromatic heterocycles. The number of rotatable bonds is 6. The summed E-state index contributed by atoms with van der Waals surface area (Å²) >= 11 is 0. The summed E-state index contributed by atoms with van der Waals surface area (Å²) in [5.74, 6) is 0.320. The van der Waals surface area contributed by atoms with Gasteiger partial charge in [-0.05, 0) is 45.2 Å². The maximum absolute atomic E-state index is 12.6. The van der Waals surface area contributed by atoms with Gasteiger partial charge in [0.1, 0.15) is 0 Å². The molecule has 0 aromatic carbocycles. The molecule has 122 valence electrons. The van der Waals surface area contributed by atoms with Gasteiger partial charge in [0, 0.05) is 25.7 Å². The Bertz CT molecular complexity index is 309. The molecule has 1 saturated carbocycles. The van der Waals surface area contributed by atoms with E-state index in [2.05, 4.69) is 17.1 Å². The summed E-state index contributed by atoms with van der Waals surface area (Å²) in [6.45, 7) is 6.02. The van der Waals surface area contributed by atoms with Crippen LogP contribution in [0.15, 0.2) is 0 Å². The van der Waals surface area contributed by atoms with Crippen molar-refractivity contribution in [3.8, 4) is 0 Å². The summed E-state index contributed by atoms with van der Waals surface area (Å²) in [7, 11) is 2.02. The molecule has 1 unspecified atom stereocenters. The summed E-state index contributed by atoms with van der Waals surface area (Å²) in [5, 5.41) is 3.47. The first-order chi connectivity index (χ1) is 10.2. The zero-order valence-electron chi connectivity index (χ0n) is 13.9. The third-order valence-corrected chi connectivity index (χ3v) is 5.15. The molecule has 0 spiro atoms. The summed E-state index contributed by atoms with van der Waals surface area (Å²) in [4.78, 5) is 17.1. The van der Waals surface area contributed by atoms with Crippen molar-refractivity contribution in [1.29, 1.82) is 0 Å². The van der Waals surface area contributed by atoms with Crippen molar-refractivity contribution < 1.29 is 4.79 Å². The SMILES string of the molecule is CCCN(CC(=O)N(C)C1CCCCC1)C1CCCNC1. The molecular formula is C17H33N3O. The van der Waals surface area contributed by atoms with Crippen LogP contribution in [-0.2, 0) is 4.79 Å². The van der Waals surface area contributed by atoms with Crippen LogP contribution in [0.2, 0.25) is 0 Å². The molecule has 1 aliphatic carbocycles. The lowest BCUT2D eigenvalue weighted by atomic mass is 9.94. The Balaban J connectivity index is 1.86. The van der Waals surface area contributed by atoms with Crippen molar-refractivity contribution >= 4 is 5.91 Å². The highest BCUT2D eigenvalue weighted by Gasteiger charge is 2.26. The first-order valence-electron chi connectivity index (χ1n) is 8.92. The van der Waals surface area contributed by atoms with Gasteiger partial charge < -0.3 is 10.2 Å². The third-order valence-electron chi connectivity index (χ3n) is 5.15. The Labute approximate surface area is 130 Å². The number of piperidine rings is 1. The van der Waals surface area contributed by atoms with Crippen molar-refractivity contribution in [2.75, 3.05) is 33.2 Å². The fourth-order valence-electron chi connectivity index (χ4n) is 3.78. The normalized spacial score (nSPS) is 24.2. The number of carbonyl (C=O) groups excluding carboxylic acids is 1. The van der Waals surface area contributed by atoms with Gasteiger partial charge in [-0.1, -0.05) is 26.2 Å². The lowest BCUT2D eigenvalue weighted by molar-refractivity contribution is -0.134. The summed E-state index contributed by atoms with van der Waals surface area (Å²) in [6, 6.07) is 1.03. The quantitative estimate of drug-likeness (QED) is 0.816. The van der Waals surface area contributed by atoms with Gasteiger partial charge in [-0.2, -0.15) is 0 Å². The first-order valence-corrected chi connectivity index (χ1v) is 8.92. The first kappa shape index (κ1) is 16.8. The zero-order chi connectivity index (χ0) is 15.1. The molecule has 1 saturated heterocycles. The van der Waals surface area contributed by atoms with Gasteiger partial charge in [0.15, 0.2) is 0 Å². The second kappa shape index (κ2) is 8.74. The molecule has 2 aliphatic rings. The minimum atomic E-state index is 0.320. The van der Waals surface area contributed by atoms with E-state index in [4.69, 9.17) is 0 Å². The van der Waals surface area contributed by atoms with Crippen molar-refractivity contribution in [2.24, 2.45) is 0 Å². The second-order valence-corrected chi connectivity index (χ2v) is 6.77. The summed E-state index contributed by atoms with van der Waals surface area (Å²) in [5.41, 5.74) is 0. The van der Waals surface area contributed by atoms with Crippen molar-refractivity contribution in [1.82, 2.24) is 15.1 Å². The van der Waals surface area contributed by atoms with Crippen molar-refractivity contribution in [3.05, 3.63) is 0 Å². The molecule has 1 heterocycles. The van der Waals surface area contributed by atoms with E-state index in [1.807, 2.05) is 11.9 Å². The highest BCUT2D eigenvalue weighted by molar-refractivity contribution is 5.78. The number of hydrogen-bond donors (Lipinski definition) is 1. The van der Waals surface area contributed by atoms with Gasteiger partial charge in [0.05, 0.1) is 6.54 Å². The Morgan fingerprint density at radius 2 is 1.81 bits per heavy atom. The second-order valence-electron chi connectivity index (χ2n) is 6.77. The standard InChI is InChI=1S/C17H33N3O/c1-3-12-20(16-10-7-11-18-13-16)14-17(21)19(2)15-8-5-4-6-9-15/h15-16,18H,3-14H2,1-2H3.